The number of rotatable bonds is 7. The fraction of sp³-hybridized carbons (Fsp3) is 0.833. The topological polar surface area (TPSA) is 98.7 Å². The van der Waals surface area contributed by atoms with Gasteiger partial charge >= 0.3 is 5.97 Å². The third kappa shape index (κ3) is 3.68. The molecule has 1 amide bonds. The molecule has 4 N–H and O–H groups in total. The van der Waals surface area contributed by atoms with Crippen LogP contribution < -0.4 is 10.6 Å². The maximum atomic E-state index is 12.1. The molecule has 0 spiro atoms. The number of nitrogens with one attached hydrogen (secondary N) is 2. The number of aliphatic hydroxyl groups excluding tert-OH is 1. The number of carboxylic acid groups (broad SMARTS) is 1. The molecule has 2 atom stereocenters. The quantitative estimate of drug-likeness (QED) is 0.509. The monoisotopic (exact) mass is 258 g/mol. The lowest BCUT2D eigenvalue weighted by Crippen LogP contribution is -2.53. The first kappa shape index (κ1) is 14.9. The summed E-state index contributed by atoms with van der Waals surface area (Å²) in [6, 6.07) is 0. The number of carboxylic acids is 1. The molecule has 0 aromatic rings. The number of carbonyl (C=O) groups is 2. The van der Waals surface area contributed by atoms with Crippen LogP contribution in [0.4, 0.5) is 0 Å². The number of aliphatic carboxylic acids is 1. The van der Waals surface area contributed by atoms with Crippen molar-refractivity contribution in [2.75, 3.05) is 13.1 Å². The zero-order chi connectivity index (χ0) is 13.6. The summed E-state index contributed by atoms with van der Waals surface area (Å²) >= 11 is 0. The summed E-state index contributed by atoms with van der Waals surface area (Å²) in [5, 5.41) is 23.6. The molecule has 0 aromatic carbocycles. The van der Waals surface area contributed by atoms with Gasteiger partial charge in [-0.1, -0.05) is 13.3 Å². The van der Waals surface area contributed by atoms with E-state index in [1.54, 1.807) is 0 Å². The summed E-state index contributed by atoms with van der Waals surface area (Å²) in [5.74, 6) is -1.34. The van der Waals surface area contributed by atoms with Gasteiger partial charge in [-0.2, -0.15) is 0 Å². The van der Waals surface area contributed by atoms with E-state index in [9.17, 15) is 9.59 Å². The fourth-order valence-corrected chi connectivity index (χ4v) is 2.37. The Hall–Kier alpha value is -1.14. The number of hydrogen-bond acceptors (Lipinski definition) is 4. The van der Waals surface area contributed by atoms with Crippen molar-refractivity contribution in [2.45, 2.75) is 50.7 Å². The van der Waals surface area contributed by atoms with Gasteiger partial charge in [-0.25, -0.2) is 4.79 Å². The van der Waals surface area contributed by atoms with E-state index >= 15 is 0 Å². The first-order valence-electron chi connectivity index (χ1n) is 6.46. The van der Waals surface area contributed by atoms with Crippen molar-refractivity contribution in [3.05, 3.63) is 0 Å². The third-order valence-electron chi connectivity index (χ3n) is 3.34. The van der Waals surface area contributed by atoms with Crippen LogP contribution in [0.3, 0.4) is 0 Å². The Morgan fingerprint density at radius 3 is 2.72 bits per heavy atom. The van der Waals surface area contributed by atoms with E-state index in [2.05, 4.69) is 10.6 Å². The second-order valence-electron chi connectivity index (χ2n) is 4.76. The molecular weight excluding hydrogens is 236 g/mol. The van der Waals surface area contributed by atoms with E-state index in [0.29, 0.717) is 0 Å². The molecule has 0 aromatic heterocycles. The summed E-state index contributed by atoms with van der Waals surface area (Å²) in [6.45, 7) is 3.05. The molecule has 1 fully saturated rings. The molecule has 0 radical (unpaired) electrons. The molecular formula is C12H22N2O4. The highest BCUT2D eigenvalue weighted by Gasteiger charge is 2.39. The second-order valence-corrected chi connectivity index (χ2v) is 4.76. The molecule has 18 heavy (non-hydrogen) atoms. The van der Waals surface area contributed by atoms with Gasteiger partial charge in [0.1, 0.15) is 0 Å². The van der Waals surface area contributed by atoms with Crippen molar-refractivity contribution < 1.29 is 19.8 Å². The number of hydrogen-bond donors (Lipinski definition) is 4. The minimum absolute atomic E-state index is 0.0310. The van der Waals surface area contributed by atoms with Crippen LogP contribution in [0.1, 0.15) is 39.0 Å². The average Bonchev–Trinajstić information content (AvgIpc) is 2.79. The van der Waals surface area contributed by atoms with Crippen molar-refractivity contribution in [2.24, 2.45) is 0 Å². The molecule has 1 heterocycles. The zero-order valence-electron chi connectivity index (χ0n) is 10.7. The Morgan fingerprint density at radius 1 is 1.50 bits per heavy atom. The van der Waals surface area contributed by atoms with Crippen LogP contribution in [-0.4, -0.2) is 46.8 Å². The normalized spacial score (nSPS) is 24.8. The molecule has 1 aliphatic rings. The van der Waals surface area contributed by atoms with Crippen LogP contribution in [0.15, 0.2) is 0 Å². The SMILES string of the molecule is CCCC1(C(=O)NCCC(O)C(=O)O)CCCN1. The van der Waals surface area contributed by atoms with Gasteiger partial charge in [0.15, 0.2) is 6.10 Å². The molecule has 0 bridgehead atoms. The van der Waals surface area contributed by atoms with Crippen LogP contribution in [0.2, 0.25) is 0 Å². The number of carbonyl (C=O) groups excluding carboxylic acids is 1. The van der Waals surface area contributed by atoms with Crippen molar-refractivity contribution in [3.8, 4) is 0 Å². The van der Waals surface area contributed by atoms with Crippen molar-refractivity contribution >= 4 is 11.9 Å². The van der Waals surface area contributed by atoms with Gasteiger partial charge in [0.05, 0.1) is 5.54 Å². The van der Waals surface area contributed by atoms with Gasteiger partial charge in [-0.3, -0.25) is 4.79 Å². The van der Waals surface area contributed by atoms with Gasteiger partial charge in [0.25, 0.3) is 0 Å². The molecule has 104 valence electrons. The van der Waals surface area contributed by atoms with Gasteiger partial charge in [0, 0.05) is 13.0 Å². The smallest absolute Gasteiger partial charge is 0.332 e. The van der Waals surface area contributed by atoms with Crippen LogP contribution in [0.5, 0.6) is 0 Å². The standard InChI is InChI=1S/C12H22N2O4/c1-2-5-12(6-3-7-14-12)11(18)13-8-4-9(15)10(16)17/h9,14-15H,2-8H2,1H3,(H,13,18)(H,16,17). The highest BCUT2D eigenvalue weighted by Crippen LogP contribution is 2.24. The Morgan fingerprint density at radius 2 is 2.22 bits per heavy atom. The molecule has 1 aliphatic heterocycles. The van der Waals surface area contributed by atoms with Crippen LogP contribution in [0.25, 0.3) is 0 Å². The highest BCUT2D eigenvalue weighted by atomic mass is 16.4. The van der Waals surface area contributed by atoms with E-state index in [1.807, 2.05) is 6.92 Å². The molecule has 1 saturated heterocycles. The predicted molar refractivity (Wildman–Crippen MR) is 66.1 cm³/mol. The van der Waals surface area contributed by atoms with Gasteiger partial charge in [0.2, 0.25) is 5.91 Å². The maximum absolute atomic E-state index is 12.1. The summed E-state index contributed by atoms with van der Waals surface area (Å²) < 4.78 is 0. The van der Waals surface area contributed by atoms with Crippen LogP contribution in [0, 0.1) is 0 Å². The van der Waals surface area contributed by atoms with E-state index in [-0.39, 0.29) is 18.9 Å². The predicted octanol–water partition coefficient (Wildman–Crippen LogP) is -0.139. The zero-order valence-corrected chi connectivity index (χ0v) is 10.7. The average molecular weight is 258 g/mol. The lowest BCUT2D eigenvalue weighted by atomic mass is 9.91. The fourth-order valence-electron chi connectivity index (χ4n) is 2.37. The molecule has 0 saturated carbocycles. The Bertz CT molecular complexity index is 300. The van der Waals surface area contributed by atoms with Gasteiger partial charge in [-0.15, -0.1) is 0 Å². The molecule has 0 aliphatic carbocycles. The Kier molecular flexibility index (Phi) is 5.55. The minimum atomic E-state index is -1.41. The Balaban J connectivity index is 2.41. The van der Waals surface area contributed by atoms with Crippen molar-refractivity contribution in [1.29, 1.82) is 0 Å². The highest BCUT2D eigenvalue weighted by molar-refractivity contribution is 5.86. The minimum Gasteiger partial charge on any atom is -0.479 e. The van der Waals surface area contributed by atoms with E-state index in [0.717, 1.165) is 32.2 Å². The van der Waals surface area contributed by atoms with Crippen molar-refractivity contribution in [1.82, 2.24) is 10.6 Å². The summed E-state index contributed by atoms with van der Waals surface area (Å²) in [4.78, 5) is 22.5. The largest absolute Gasteiger partial charge is 0.479 e. The van der Waals surface area contributed by atoms with E-state index in [4.69, 9.17) is 10.2 Å². The van der Waals surface area contributed by atoms with Crippen LogP contribution >= 0.6 is 0 Å². The summed E-state index contributed by atoms with van der Waals surface area (Å²) in [7, 11) is 0. The lowest BCUT2D eigenvalue weighted by Gasteiger charge is -2.27. The molecule has 6 heteroatoms. The van der Waals surface area contributed by atoms with E-state index in [1.165, 1.54) is 0 Å². The van der Waals surface area contributed by atoms with E-state index < -0.39 is 17.6 Å². The first-order chi connectivity index (χ1) is 8.52. The molecule has 1 rings (SSSR count). The first-order valence-corrected chi connectivity index (χ1v) is 6.46. The molecule has 6 nitrogen and oxygen atoms in total. The summed E-state index contributed by atoms with van der Waals surface area (Å²) in [6.07, 6.45) is 2.10. The van der Waals surface area contributed by atoms with Gasteiger partial charge < -0.3 is 20.8 Å². The Labute approximate surface area is 107 Å². The van der Waals surface area contributed by atoms with Gasteiger partial charge in [-0.05, 0) is 25.8 Å². The van der Waals surface area contributed by atoms with Crippen molar-refractivity contribution in [3.63, 3.8) is 0 Å². The number of amides is 1. The molecule has 2 unspecified atom stereocenters. The third-order valence-corrected chi connectivity index (χ3v) is 3.34. The summed E-state index contributed by atoms with van der Waals surface area (Å²) in [5.41, 5.74) is -0.497. The maximum Gasteiger partial charge on any atom is 0.332 e. The lowest BCUT2D eigenvalue weighted by molar-refractivity contribution is -0.147. The second kappa shape index (κ2) is 6.70. The van der Waals surface area contributed by atoms with Crippen LogP contribution in [-0.2, 0) is 9.59 Å². The number of aliphatic hydroxyl groups is 1.